The average Bonchev–Trinajstić information content (AvgIpc) is 2.57. The van der Waals surface area contributed by atoms with Crippen molar-refractivity contribution in [2.45, 2.75) is 70.5 Å². The van der Waals surface area contributed by atoms with Crippen LogP contribution in [0.4, 0.5) is 0 Å². The minimum absolute atomic E-state index is 0.0632. The van der Waals surface area contributed by atoms with Crippen LogP contribution in [0.5, 0.6) is 0 Å². The van der Waals surface area contributed by atoms with Crippen LogP contribution in [0.3, 0.4) is 0 Å². The predicted molar refractivity (Wildman–Crippen MR) is 72.9 cm³/mol. The van der Waals surface area contributed by atoms with Crippen LogP contribution < -0.4 is 5.73 Å². The molecule has 2 atom stereocenters. The topological polar surface area (TPSA) is 49.5 Å². The Labute approximate surface area is 106 Å². The van der Waals surface area contributed by atoms with Gasteiger partial charge in [-0.05, 0) is 25.8 Å². The molecular weight excluding hydrogens is 212 g/mol. The standard InChI is InChI=1S/C14H30N2O/c1-11(2)14(15)13(10-17)16(3)12-8-6-4-5-7-9-12/h11-14,17H,4-10,15H2,1-3H3. The van der Waals surface area contributed by atoms with Crippen molar-refractivity contribution in [1.82, 2.24) is 4.90 Å². The van der Waals surface area contributed by atoms with E-state index in [4.69, 9.17) is 5.73 Å². The number of aliphatic hydroxyl groups excluding tert-OH is 1. The average molecular weight is 242 g/mol. The van der Waals surface area contributed by atoms with Crippen molar-refractivity contribution in [3.05, 3.63) is 0 Å². The molecule has 3 heteroatoms. The quantitative estimate of drug-likeness (QED) is 0.725. The molecule has 1 aliphatic rings. The van der Waals surface area contributed by atoms with Crippen LogP contribution >= 0.6 is 0 Å². The van der Waals surface area contributed by atoms with Crippen LogP contribution in [0.2, 0.25) is 0 Å². The molecule has 0 radical (unpaired) electrons. The number of aliphatic hydroxyl groups is 1. The summed E-state index contributed by atoms with van der Waals surface area (Å²) in [5, 5.41) is 9.60. The first kappa shape index (κ1) is 14.9. The molecular formula is C14H30N2O. The SMILES string of the molecule is CC(C)C(N)C(CO)N(C)C1CCCCCC1. The normalized spacial score (nSPS) is 22.8. The van der Waals surface area contributed by atoms with Gasteiger partial charge in [-0.2, -0.15) is 0 Å². The fourth-order valence-electron chi connectivity index (χ4n) is 2.90. The minimum Gasteiger partial charge on any atom is -0.395 e. The van der Waals surface area contributed by atoms with Crippen LogP contribution in [-0.4, -0.2) is 41.8 Å². The molecule has 0 aliphatic heterocycles. The maximum atomic E-state index is 9.60. The predicted octanol–water partition coefficient (Wildman–Crippen LogP) is 1.99. The van der Waals surface area contributed by atoms with E-state index in [-0.39, 0.29) is 18.7 Å². The van der Waals surface area contributed by atoms with Crippen molar-refractivity contribution in [2.75, 3.05) is 13.7 Å². The highest BCUT2D eigenvalue weighted by Gasteiger charge is 2.28. The van der Waals surface area contributed by atoms with E-state index in [1.54, 1.807) is 0 Å². The Balaban J connectivity index is 2.60. The molecule has 3 N–H and O–H groups in total. The molecule has 0 aromatic rings. The van der Waals surface area contributed by atoms with Gasteiger partial charge in [0.1, 0.15) is 0 Å². The van der Waals surface area contributed by atoms with Gasteiger partial charge in [-0.1, -0.05) is 39.5 Å². The minimum atomic E-state index is 0.0632. The van der Waals surface area contributed by atoms with E-state index < -0.39 is 0 Å². The van der Waals surface area contributed by atoms with Crippen molar-refractivity contribution < 1.29 is 5.11 Å². The van der Waals surface area contributed by atoms with E-state index in [2.05, 4.69) is 25.8 Å². The maximum absolute atomic E-state index is 9.60. The lowest BCUT2D eigenvalue weighted by Gasteiger charge is -2.38. The molecule has 102 valence electrons. The molecule has 0 heterocycles. The number of rotatable bonds is 5. The van der Waals surface area contributed by atoms with E-state index in [9.17, 15) is 5.11 Å². The molecule has 2 unspecified atom stereocenters. The van der Waals surface area contributed by atoms with Gasteiger partial charge in [-0.15, -0.1) is 0 Å². The highest BCUT2D eigenvalue weighted by Crippen LogP contribution is 2.23. The Morgan fingerprint density at radius 2 is 1.71 bits per heavy atom. The summed E-state index contributed by atoms with van der Waals surface area (Å²) in [6, 6.07) is 0.783. The Hall–Kier alpha value is -0.120. The molecule has 0 bridgehead atoms. The molecule has 0 amide bonds. The lowest BCUT2D eigenvalue weighted by Crippen LogP contribution is -2.54. The maximum Gasteiger partial charge on any atom is 0.0602 e. The molecule has 17 heavy (non-hydrogen) atoms. The Bertz CT molecular complexity index is 200. The zero-order valence-corrected chi connectivity index (χ0v) is 11.7. The zero-order chi connectivity index (χ0) is 12.8. The Kier molecular flexibility index (Phi) is 6.45. The summed E-state index contributed by atoms with van der Waals surface area (Å²) in [7, 11) is 2.14. The number of hydrogen-bond acceptors (Lipinski definition) is 3. The van der Waals surface area contributed by atoms with Crippen LogP contribution in [0, 0.1) is 5.92 Å². The van der Waals surface area contributed by atoms with Gasteiger partial charge < -0.3 is 10.8 Å². The summed E-state index contributed by atoms with van der Waals surface area (Å²) in [6.07, 6.45) is 7.90. The first-order chi connectivity index (χ1) is 8.07. The van der Waals surface area contributed by atoms with Crippen LogP contribution in [0.25, 0.3) is 0 Å². The second kappa shape index (κ2) is 7.34. The fraction of sp³-hybridized carbons (Fsp3) is 1.00. The summed E-state index contributed by atoms with van der Waals surface area (Å²) in [6.45, 7) is 4.44. The van der Waals surface area contributed by atoms with Gasteiger partial charge >= 0.3 is 0 Å². The third-order valence-corrected chi connectivity index (χ3v) is 4.32. The smallest absolute Gasteiger partial charge is 0.0602 e. The number of likely N-dealkylation sites (N-methyl/N-ethyl adjacent to an activating group) is 1. The first-order valence-corrected chi connectivity index (χ1v) is 7.16. The molecule has 1 rings (SSSR count). The van der Waals surface area contributed by atoms with Crippen LogP contribution in [0.15, 0.2) is 0 Å². The third kappa shape index (κ3) is 4.23. The second-order valence-corrected chi connectivity index (χ2v) is 5.88. The van der Waals surface area contributed by atoms with Gasteiger partial charge in [-0.25, -0.2) is 0 Å². The van der Waals surface area contributed by atoms with Gasteiger partial charge in [-0.3, -0.25) is 4.90 Å². The molecule has 1 saturated carbocycles. The van der Waals surface area contributed by atoms with Crippen LogP contribution in [0.1, 0.15) is 52.4 Å². The van der Waals surface area contributed by atoms with Crippen molar-refractivity contribution in [2.24, 2.45) is 11.7 Å². The van der Waals surface area contributed by atoms with Crippen molar-refractivity contribution >= 4 is 0 Å². The summed E-state index contributed by atoms with van der Waals surface area (Å²) in [4.78, 5) is 2.34. The first-order valence-electron chi connectivity index (χ1n) is 7.16. The highest BCUT2D eigenvalue weighted by atomic mass is 16.3. The molecule has 0 aromatic carbocycles. The Morgan fingerprint density at radius 3 is 2.12 bits per heavy atom. The number of nitrogens with zero attached hydrogens (tertiary/aromatic N) is 1. The van der Waals surface area contributed by atoms with Gasteiger partial charge in [0.15, 0.2) is 0 Å². The molecule has 1 fully saturated rings. The van der Waals surface area contributed by atoms with Gasteiger partial charge in [0.05, 0.1) is 6.61 Å². The van der Waals surface area contributed by atoms with Gasteiger partial charge in [0.25, 0.3) is 0 Å². The van der Waals surface area contributed by atoms with E-state index in [0.717, 1.165) is 0 Å². The van der Waals surface area contributed by atoms with E-state index in [1.807, 2.05) is 0 Å². The van der Waals surface area contributed by atoms with Gasteiger partial charge in [0.2, 0.25) is 0 Å². The van der Waals surface area contributed by atoms with E-state index in [0.29, 0.717) is 12.0 Å². The van der Waals surface area contributed by atoms with Crippen molar-refractivity contribution in [1.29, 1.82) is 0 Å². The monoisotopic (exact) mass is 242 g/mol. The van der Waals surface area contributed by atoms with Crippen molar-refractivity contribution in [3.63, 3.8) is 0 Å². The fourth-order valence-corrected chi connectivity index (χ4v) is 2.90. The summed E-state index contributed by atoms with van der Waals surface area (Å²) < 4.78 is 0. The molecule has 3 nitrogen and oxygen atoms in total. The second-order valence-electron chi connectivity index (χ2n) is 5.88. The lowest BCUT2D eigenvalue weighted by atomic mass is 9.94. The summed E-state index contributed by atoms with van der Waals surface area (Å²) >= 11 is 0. The largest absolute Gasteiger partial charge is 0.395 e. The molecule has 0 aromatic heterocycles. The van der Waals surface area contributed by atoms with E-state index in [1.165, 1.54) is 38.5 Å². The van der Waals surface area contributed by atoms with Crippen LogP contribution in [-0.2, 0) is 0 Å². The summed E-state index contributed by atoms with van der Waals surface area (Å²) in [5.74, 6) is 0.417. The summed E-state index contributed by atoms with van der Waals surface area (Å²) in [5.41, 5.74) is 6.22. The molecule has 0 spiro atoms. The van der Waals surface area contributed by atoms with Gasteiger partial charge in [0, 0.05) is 18.1 Å². The number of nitrogens with two attached hydrogens (primary N) is 1. The lowest BCUT2D eigenvalue weighted by molar-refractivity contribution is 0.0731. The van der Waals surface area contributed by atoms with E-state index >= 15 is 0 Å². The third-order valence-electron chi connectivity index (χ3n) is 4.32. The Morgan fingerprint density at radius 1 is 1.18 bits per heavy atom. The zero-order valence-electron chi connectivity index (χ0n) is 11.7. The molecule has 1 aliphatic carbocycles. The number of hydrogen-bond donors (Lipinski definition) is 2. The van der Waals surface area contributed by atoms with Crippen molar-refractivity contribution in [3.8, 4) is 0 Å². The molecule has 0 saturated heterocycles. The highest BCUT2D eigenvalue weighted by molar-refractivity contribution is 4.86.